The Hall–Kier alpha value is -0.320. The third kappa shape index (κ3) is 4.11. The highest BCUT2D eigenvalue weighted by Gasteiger charge is 2.61. The fraction of sp³-hybridized carbons (Fsp3) is 0.929. The summed E-state index contributed by atoms with van der Waals surface area (Å²) in [6.07, 6.45) is -0.488. The molecule has 7 heteroatoms. The molecule has 0 radical (unpaired) electrons. The van der Waals surface area contributed by atoms with E-state index < -0.39 is 37.3 Å². The summed E-state index contributed by atoms with van der Waals surface area (Å²) in [6, 6.07) is 0. The first kappa shape index (κ1) is 18.7. The van der Waals surface area contributed by atoms with Gasteiger partial charge in [0.25, 0.3) is 0 Å². The minimum Gasteiger partial charge on any atom is -0.302 e. The molecule has 0 aliphatic heterocycles. The highest BCUT2D eigenvalue weighted by Crippen LogP contribution is 2.68. The van der Waals surface area contributed by atoms with Crippen LogP contribution in [0.25, 0.3) is 0 Å². The Morgan fingerprint density at radius 3 is 2.10 bits per heavy atom. The molecule has 0 aromatic rings. The minimum absolute atomic E-state index is 0.146. The predicted octanol–water partition coefficient (Wildman–Crippen LogP) is 4.63. The van der Waals surface area contributed by atoms with Gasteiger partial charge >= 0.3 is 13.3 Å². The van der Waals surface area contributed by atoms with Gasteiger partial charge in [-0.3, -0.25) is 9.36 Å². The molecule has 0 amide bonds. The molecule has 21 heavy (non-hydrogen) atoms. The Kier molecular flexibility index (Phi) is 6.10. The summed E-state index contributed by atoms with van der Waals surface area (Å²) >= 11 is 0. The van der Waals surface area contributed by atoms with Gasteiger partial charge < -0.3 is 9.05 Å². The van der Waals surface area contributed by atoms with Crippen LogP contribution in [0.3, 0.4) is 0 Å². The third-order valence-corrected chi connectivity index (χ3v) is 6.02. The molecule has 0 N–H and O–H groups in total. The fourth-order valence-corrected chi connectivity index (χ4v) is 4.80. The molecule has 0 heterocycles. The van der Waals surface area contributed by atoms with Gasteiger partial charge in [0.2, 0.25) is 0 Å². The Balaban J connectivity index is 3.13. The predicted molar refractivity (Wildman–Crippen MR) is 76.5 cm³/mol. The van der Waals surface area contributed by atoms with Crippen LogP contribution in [0.5, 0.6) is 0 Å². The molecule has 1 saturated carbocycles. The summed E-state index contributed by atoms with van der Waals surface area (Å²) in [6.45, 7) is 7.59. The van der Waals surface area contributed by atoms with Crippen molar-refractivity contribution in [2.24, 2.45) is 11.8 Å². The molecule has 2 atom stereocenters. The van der Waals surface area contributed by atoms with Gasteiger partial charge in [0, 0.05) is 18.3 Å². The van der Waals surface area contributed by atoms with Crippen molar-refractivity contribution in [3.8, 4) is 0 Å². The lowest BCUT2D eigenvalue weighted by atomic mass is 9.79. The van der Waals surface area contributed by atoms with Crippen molar-refractivity contribution >= 4 is 13.4 Å². The number of alkyl halides is 2. The average Bonchev–Trinajstić information content (AvgIpc) is 2.30. The topological polar surface area (TPSA) is 52.6 Å². The number of carbonyl (C=O) groups is 1. The van der Waals surface area contributed by atoms with Gasteiger partial charge in [0.15, 0.2) is 0 Å². The van der Waals surface area contributed by atoms with E-state index in [9.17, 15) is 18.1 Å². The Bertz CT molecular complexity index is 409. The lowest BCUT2D eigenvalue weighted by molar-refractivity contribution is -0.132. The first-order valence-electron chi connectivity index (χ1n) is 7.38. The Labute approximate surface area is 125 Å². The van der Waals surface area contributed by atoms with Gasteiger partial charge in [-0.2, -0.15) is 8.78 Å². The molecule has 0 bridgehead atoms. The summed E-state index contributed by atoms with van der Waals surface area (Å²) in [5.74, 6) is -2.36. The SMILES string of the molecule is CC(C)OP(=O)(OC(C)C)C(F)(F)[C@H]1CCCC(=O)[C@H]1C. The van der Waals surface area contributed by atoms with Gasteiger partial charge in [0.1, 0.15) is 5.78 Å². The van der Waals surface area contributed by atoms with E-state index in [0.717, 1.165) is 0 Å². The van der Waals surface area contributed by atoms with Gasteiger partial charge in [-0.1, -0.05) is 6.92 Å². The molecule has 0 aromatic carbocycles. The van der Waals surface area contributed by atoms with E-state index in [4.69, 9.17) is 9.05 Å². The average molecular weight is 326 g/mol. The molecule has 1 aliphatic carbocycles. The van der Waals surface area contributed by atoms with Crippen LogP contribution in [0.2, 0.25) is 0 Å². The summed E-state index contributed by atoms with van der Waals surface area (Å²) in [4.78, 5) is 11.7. The van der Waals surface area contributed by atoms with E-state index >= 15 is 0 Å². The van der Waals surface area contributed by atoms with E-state index in [1.54, 1.807) is 0 Å². The van der Waals surface area contributed by atoms with Crippen LogP contribution in [0.4, 0.5) is 8.78 Å². The van der Waals surface area contributed by atoms with E-state index in [1.165, 1.54) is 34.6 Å². The number of hydrogen-bond donors (Lipinski definition) is 0. The molecular weight excluding hydrogens is 301 g/mol. The lowest BCUT2D eigenvalue weighted by Crippen LogP contribution is -2.40. The maximum Gasteiger partial charge on any atom is 0.400 e. The van der Waals surface area contributed by atoms with Gasteiger partial charge in [-0.15, -0.1) is 0 Å². The number of carbonyl (C=O) groups excluding carboxylic acids is 1. The van der Waals surface area contributed by atoms with E-state index in [1.807, 2.05) is 0 Å². The first-order valence-corrected chi connectivity index (χ1v) is 8.93. The van der Waals surface area contributed by atoms with Crippen molar-refractivity contribution in [1.82, 2.24) is 0 Å². The summed E-state index contributed by atoms with van der Waals surface area (Å²) in [7, 11) is -4.65. The van der Waals surface area contributed by atoms with Gasteiger partial charge in [-0.05, 0) is 40.5 Å². The van der Waals surface area contributed by atoms with E-state index in [-0.39, 0.29) is 12.2 Å². The standard InChI is InChI=1S/C14H25F2O4P/c1-9(2)19-21(18,20-10(3)4)14(15,16)12-7-6-8-13(17)11(12)5/h9-12H,6-8H2,1-5H3/t11-,12-/m0/s1. The zero-order valence-electron chi connectivity index (χ0n) is 13.3. The van der Waals surface area contributed by atoms with Crippen molar-refractivity contribution in [2.75, 3.05) is 0 Å². The first-order chi connectivity index (χ1) is 9.51. The van der Waals surface area contributed by atoms with Crippen LogP contribution < -0.4 is 0 Å². The van der Waals surface area contributed by atoms with Gasteiger partial charge in [-0.25, -0.2) is 0 Å². The number of halogens is 2. The number of hydrogen-bond acceptors (Lipinski definition) is 4. The van der Waals surface area contributed by atoms with Crippen LogP contribution in [-0.4, -0.2) is 23.7 Å². The molecule has 1 rings (SSSR count). The third-order valence-electron chi connectivity index (χ3n) is 3.56. The number of ketones is 1. The molecule has 0 aromatic heterocycles. The largest absolute Gasteiger partial charge is 0.400 e. The van der Waals surface area contributed by atoms with Crippen LogP contribution in [0.1, 0.15) is 53.9 Å². The molecule has 4 nitrogen and oxygen atoms in total. The summed E-state index contributed by atoms with van der Waals surface area (Å²) in [5.41, 5.74) is -3.67. The van der Waals surface area contributed by atoms with E-state index in [2.05, 4.69) is 0 Å². The van der Waals surface area contributed by atoms with Crippen molar-refractivity contribution in [2.45, 2.75) is 71.8 Å². The second-order valence-electron chi connectivity index (χ2n) is 6.15. The monoisotopic (exact) mass is 326 g/mol. The van der Waals surface area contributed by atoms with Crippen molar-refractivity contribution in [1.29, 1.82) is 0 Å². The Morgan fingerprint density at radius 1 is 1.19 bits per heavy atom. The molecule has 0 unspecified atom stereocenters. The molecule has 0 saturated heterocycles. The maximum atomic E-state index is 14.8. The van der Waals surface area contributed by atoms with Crippen LogP contribution in [0, 0.1) is 11.8 Å². The molecule has 1 aliphatic rings. The van der Waals surface area contributed by atoms with E-state index in [0.29, 0.717) is 12.8 Å². The molecule has 124 valence electrons. The van der Waals surface area contributed by atoms with Crippen LogP contribution >= 0.6 is 7.60 Å². The Morgan fingerprint density at radius 2 is 1.67 bits per heavy atom. The van der Waals surface area contributed by atoms with Crippen molar-refractivity contribution in [3.63, 3.8) is 0 Å². The van der Waals surface area contributed by atoms with Crippen molar-refractivity contribution < 1.29 is 27.2 Å². The molecular formula is C14H25F2O4P. The van der Waals surface area contributed by atoms with Gasteiger partial charge in [0.05, 0.1) is 12.2 Å². The van der Waals surface area contributed by atoms with Crippen molar-refractivity contribution in [3.05, 3.63) is 0 Å². The fourth-order valence-electron chi connectivity index (χ4n) is 2.60. The molecule has 0 spiro atoms. The number of rotatable bonds is 6. The van der Waals surface area contributed by atoms with Crippen LogP contribution in [0.15, 0.2) is 0 Å². The maximum absolute atomic E-state index is 14.8. The summed E-state index contributed by atoms with van der Waals surface area (Å²) < 4.78 is 52.4. The molecule has 1 fully saturated rings. The highest BCUT2D eigenvalue weighted by atomic mass is 31.2. The zero-order chi connectivity index (χ0) is 16.4. The van der Waals surface area contributed by atoms with Crippen LogP contribution in [-0.2, 0) is 18.4 Å². The summed E-state index contributed by atoms with van der Waals surface area (Å²) in [5, 5.41) is 0. The smallest absolute Gasteiger partial charge is 0.302 e. The highest BCUT2D eigenvalue weighted by molar-refractivity contribution is 7.55. The zero-order valence-corrected chi connectivity index (χ0v) is 14.2. The normalized spacial score (nSPS) is 24.9. The number of Topliss-reactive ketones (excluding diaryl/α,β-unsaturated/α-hetero) is 1. The second kappa shape index (κ2) is 6.84. The lowest BCUT2D eigenvalue weighted by Gasteiger charge is -2.38. The quantitative estimate of drug-likeness (QED) is 0.668. The minimum atomic E-state index is -4.65. The second-order valence-corrected chi connectivity index (χ2v) is 8.16.